The van der Waals surface area contributed by atoms with Gasteiger partial charge in [-0.05, 0) is 38.8 Å². The standard InChI is InChI=1S/C17H30N4O2.2ClH/c1-2-19-7-4-6-15(19)12-21-10-13(9-16(21)22)17(23)20-8-3-5-14(18)11-20;;/h13-15H,2-12,18H2,1H3;2*1H. The van der Waals surface area contributed by atoms with Gasteiger partial charge in [-0.25, -0.2) is 0 Å². The average Bonchev–Trinajstić information content (AvgIpc) is 3.14. The molecule has 2 N–H and O–H groups in total. The molecule has 3 saturated heterocycles. The Morgan fingerprint density at radius 1 is 1.16 bits per heavy atom. The normalized spacial score (nSPS) is 30.2. The fourth-order valence-corrected chi connectivity index (χ4v) is 4.36. The summed E-state index contributed by atoms with van der Waals surface area (Å²) in [7, 11) is 0. The first kappa shape index (κ1) is 22.5. The number of nitrogens with two attached hydrogens (primary N) is 1. The van der Waals surface area contributed by atoms with E-state index in [2.05, 4.69) is 11.8 Å². The van der Waals surface area contributed by atoms with Gasteiger partial charge >= 0.3 is 0 Å². The maximum Gasteiger partial charge on any atom is 0.228 e. The summed E-state index contributed by atoms with van der Waals surface area (Å²) < 4.78 is 0. The Morgan fingerprint density at radius 2 is 1.88 bits per heavy atom. The van der Waals surface area contributed by atoms with Crippen LogP contribution in [-0.4, -0.2) is 77.9 Å². The number of likely N-dealkylation sites (N-methyl/N-ethyl adjacent to an activating group) is 1. The maximum absolute atomic E-state index is 12.7. The van der Waals surface area contributed by atoms with Gasteiger partial charge in [0.05, 0.1) is 5.92 Å². The predicted molar refractivity (Wildman–Crippen MR) is 103 cm³/mol. The molecule has 146 valence electrons. The van der Waals surface area contributed by atoms with E-state index in [0.29, 0.717) is 25.6 Å². The van der Waals surface area contributed by atoms with Crippen LogP contribution in [0.2, 0.25) is 0 Å². The predicted octanol–water partition coefficient (Wildman–Crippen LogP) is 1.11. The van der Waals surface area contributed by atoms with E-state index >= 15 is 0 Å². The van der Waals surface area contributed by atoms with Crippen LogP contribution in [0.1, 0.15) is 39.0 Å². The number of piperidine rings is 1. The van der Waals surface area contributed by atoms with Gasteiger partial charge in [0, 0.05) is 44.7 Å². The van der Waals surface area contributed by atoms with Crippen molar-refractivity contribution in [2.45, 2.75) is 51.1 Å². The van der Waals surface area contributed by atoms with Gasteiger partial charge in [0.2, 0.25) is 11.8 Å². The molecule has 0 saturated carbocycles. The Balaban J connectivity index is 0.00000156. The van der Waals surface area contributed by atoms with Crippen LogP contribution in [0, 0.1) is 5.92 Å². The highest BCUT2D eigenvalue weighted by Crippen LogP contribution is 2.25. The van der Waals surface area contributed by atoms with Crippen molar-refractivity contribution < 1.29 is 9.59 Å². The van der Waals surface area contributed by atoms with E-state index in [-0.39, 0.29) is 48.6 Å². The van der Waals surface area contributed by atoms with Crippen LogP contribution in [0.3, 0.4) is 0 Å². The molecule has 3 unspecified atom stereocenters. The van der Waals surface area contributed by atoms with Gasteiger partial charge in [-0.15, -0.1) is 24.8 Å². The van der Waals surface area contributed by atoms with Gasteiger partial charge in [0.1, 0.15) is 0 Å². The second kappa shape index (κ2) is 9.95. The fourth-order valence-electron chi connectivity index (χ4n) is 4.36. The Labute approximate surface area is 163 Å². The van der Waals surface area contributed by atoms with E-state index < -0.39 is 0 Å². The Morgan fingerprint density at radius 3 is 2.56 bits per heavy atom. The van der Waals surface area contributed by atoms with E-state index in [1.54, 1.807) is 0 Å². The van der Waals surface area contributed by atoms with Crippen molar-refractivity contribution in [3.63, 3.8) is 0 Å². The molecule has 2 amide bonds. The first-order chi connectivity index (χ1) is 11.1. The largest absolute Gasteiger partial charge is 0.341 e. The van der Waals surface area contributed by atoms with Crippen LogP contribution in [-0.2, 0) is 9.59 Å². The van der Waals surface area contributed by atoms with Crippen LogP contribution >= 0.6 is 24.8 Å². The highest BCUT2D eigenvalue weighted by atomic mass is 35.5. The number of halogens is 2. The Kier molecular flexibility index (Phi) is 8.95. The first-order valence-corrected chi connectivity index (χ1v) is 9.14. The van der Waals surface area contributed by atoms with E-state index in [4.69, 9.17) is 5.73 Å². The average molecular weight is 395 g/mol. The maximum atomic E-state index is 12.7. The summed E-state index contributed by atoms with van der Waals surface area (Å²) in [5, 5.41) is 0. The van der Waals surface area contributed by atoms with E-state index in [1.165, 1.54) is 6.42 Å². The topological polar surface area (TPSA) is 69.9 Å². The molecular weight excluding hydrogens is 363 g/mol. The molecule has 3 atom stereocenters. The fraction of sp³-hybridized carbons (Fsp3) is 0.882. The van der Waals surface area contributed by atoms with Crippen molar-refractivity contribution in [1.29, 1.82) is 0 Å². The Bertz CT molecular complexity index is 466. The van der Waals surface area contributed by atoms with Crippen molar-refractivity contribution in [2.75, 3.05) is 39.3 Å². The lowest BCUT2D eigenvalue weighted by Crippen LogP contribution is -2.48. The summed E-state index contributed by atoms with van der Waals surface area (Å²) in [6, 6.07) is 0.568. The lowest BCUT2D eigenvalue weighted by molar-refractivity contribution is -0.137. The molecule has 0 spiro atoms. The second-order valence-electron chi connectivity index (χ2n) is 7.31. The first-order valence-electron chi connectivity index (χ1n) is 9.14. The minimum Gasteiger partial charge on any atom is -0.341 e. The molecule has 3 aliphatic rings. The molecule has 8 heteroatoms. The number of hydrogen-bond donors (Lipinski definition) is 1. The van der Waals surface area contributed by atoms with Crippen LogP contribution in [0.15, 0.2) is 0 Å². The SMILES string of the molecule is CCN1CCCC1CN1CC(C(=O)N2CCCC(N)C2)CC1=O.Cl.Cl. The number of amides is 2. The third-order valence-electron chi connectivity index (χ3n) is 5.67. The molecule has 25 heavy (non-hydrogen) atoms. The van der Waals surface area contributed by atoms with Gasteiger partial charge in [0.25, 0.3) is 0 Å². The van der Waals surface area contributed by atoms with Gasteiger partial charge in [-0.1, -0.05) is 6.92 Å². The van der Waals surface area contributed by atoms with Crippen LogP contribution in [0.25, 0.3) is 0 Å². The molecule has 3 aliphatic heterocycles. The quantitative estimate of drug-likeness (QED) is 0.775. The van der Waals surface area contributed by atoms with Crippen LogP contribution in [0.4, 0.5) is 0 Å². The number of rotatable bonds is 4. The van der Waals surface area contributed by atoms with Crippen LogP contribution < -0.4 is 5.73 Å². The smallest absolute Gasteiger partial charge is 0.228 e. The minimum atomic E-state index is -0.163. The molecule has 0 radical (unpaired) electrons. The van der Waals surface area contributed by atoms with Crippen molar-refractivity contribution in [2.24, 2.45) is 11.7 Å². The zero-order chi connectivity index (χ0) is 16.4. The van der Waals surface area contributed by atoms with Gasteiger partial charge in [-0.3, -0.25) is 14.5 Å². The summed E-state index contributed by atoms with van der Waals surface area (Å²) in [6.07, 6.45) is 4.73. The summed E-state index contributed by atoms with van der Waals surface area (Å²) >= 11 is 0. The zero-order valence-electron chi connectivity index (χ0n) is 15.1. The second-order valence-corrected chi connectivity index (χ2v) is 7.31. The molecule has 0 aromatic heterocycles. The number of hydrogen-bond acceptors (Lipinski definition) is 4. The lowest BCUT2D eigenvalue weighted by atomic mass is 10.0. The van der Waals surface area contributed by atoms with Gasteiger partial charge in [0.15, 0.2) is 0 Å². The molecule has 3 heterocycles. The van der Waals surface area contributed by atoms with Crippen molar-refractivity contribution in [3.05, 3.63) is 0 Å². The molecule has 0 aliphatic carbocycles. The highest BCUT2D eigenvalue weighted by Gasteiger charge is 2.39. The molecule has 0 aromatic rings. The van der Waals surface area contributed by atoms with Crippen molar-refractivity contribution in [1.82, 2.24) is 14.7 Å². The van der Waals surface area contributed by atoms with Crippen LogP contribution in [0.5, 0.6) is 0 Å². The minimum absolute atomic E-state index is 0. The number of nitrogens with zero attached hydrogens (tertiary/aromatic N) is 3. The number of carbonyl (C=O) groups is 2. The number of likely N-dealkylation sites (tertiary alicyclic amines) is 3. The van der Waals surface area contributed by atoms with Crippen molar-refractivity contribution >= 4 is 36.6 Å². The third-order valence-corrected chi connectivity index (χ3v) is 5.67. The third kappa shape index (κ3) is 5.22. The van der Waals surface area contributed by atoms with E-state index in [1.807, 2.05) is 9.80 Å². The molecule has 6 nitrogen and oxygen atoms in total. The van der Waals surface area contributed by atoms with E-state index in [0.717, 1.165) is 45.4 Å². The zero-order valence-corrected chi connectivity index (χ0v) is 16.7. The molecular formula is C17H32Cl2N4O2. The van der Waals surface area contributed by atoms with Gasteiger partial charge < -0.3 is 15.5 Å². The van der Waals surface area contributed by atoms with E-state index in [9.17, 15) is 9.59 Å². The monoisotopic (exact) mass is 394 g/mol. The van der Waals surface area contributed by atoms with Crippen molar-refractivity contribution in [3.8, 4) is 0 Å². The summed E-state index contributed by atoms with van der Waals surface area (Å²) in [5.41, 5.74) is 5.98. The summed E-state index contributed by atoms with van der Waals surface area (Å²) in [4.78, 5) is 31.3. The lowest BCUT2D eigenvalue weighted by Gasteiger charge is -2.32. The molecule has 0 bridgehead atoms. The molecule has 3 rings (SSSR count). The van der Waals surface area contributed by atoms with Gasteiger partial charge in [-0.2, -0.15) is 0 Å². The number of carbonyl (C=O) groups excluding carboxylic acids is 2. The Hall–Kier alpha value is -0.560. The molecule has 3 fully saturated rings. The molecule has 0 aromatic carbocycles. The summed E-state index contributed by atoms with van der Waals surface area (Å²) in [6.45, 7) is 7.18. The highest BCUT2D eigenvalue weighted by molar-refractivity contribution is 5.89. The summed E-state index contributed by atoms with van der Waals surface area (Å²) in [5.74, 6) is 0.117.